The number of halogens is 2. The summed E-state index contributed by atoms with van der Waals surface area (Å²) in [5.41, 5.74) is 0.934. The third-order valence-electron chi connectivity index (χ3n) is 4.20. The lowest BCUT2D eigenvalue weighted by atomic mass is 10.1. The molecule has 0 aliphatic carbocycles. The Hall–Kier alpha value is -2.24. The van der Waals surface area contributed by atoms with Crippen molar-refractivity contribution in [1.82, 2.24) is 0 Å². The van der Waals surface area contributed by atoms with Crippen LogP contribution < -0.4 is 14.4 Å². The van der Waals surface area contributed by atoms with Crippen molar-refractivity contribution >= 4 is 40.6 Å². The monoisotopic (exact) mass is 407 g/mol. The highest BCUT2D eigenvalue weighted by molar-refractivity contribution is 6.31. The lowest BCUT2D eigenvalue weighted by molar-refractivity contribution is -0.121. The van der Waals surface area contributed by atoms with Gasteiger partial charge in [-0.1, -0.05) is 23.2 Å². The molecule has 0 aromatic heterocycles. The van der Waals surface area contributed by atoms with E-state index in [1.54, 1.807) is 29.2 Å². The second-order valence-electron chi connectivity index (χ2n) is 6.20. The fourth-order valence-corrected chi connectivity index (χ4v) is 3.22. The minimum absolute atomic E-state index is 0.0871. The SMILES string of the molecule is CC(=O)c1cc(Cl)cc2c1OCC(=O)N2CCCCOc1ccc(Cl)cc1. The lowest BCUT2D eigenvalue weighted by Gasteiger charge is -2.30. The Morgan fingerprint density at radius 2 is 1.89 bits per heavy atom. The number of rotatable bonds is 7. The van der Waals surface area contributed by atoms with Crippen LogP contribution in [0.3, 0.4) is 0 Å². The van der Waals surface area contributed by atoms with Crippen LogP contribution in [0.1, 0.15) is 30.1 Å². The van der Waals surface area contributed by atoms with Crippen LogP contribution in [0.4, 0.5) is 5.69 Å². The number of nitrogens with zero attached hydrogens (tertiary/aromatic N) is 1. The largest absolute Gasteiger partial charge is 0.494 e. The first kappa shape index (κ1) is 19.5. The van der Waals surface area contributed by atoms with E-state index in [2.05, 4.69) is 0 Å². The van der Waals surface area contributed by atoms with Crippen molar-refractivity contribution in [3.05, 3.63) is 52.0 Å². The van der Waals surface area contributed by atoms with Crippen molar-refractivity contribution in [1.29, 1.82) is 0 Å². The zero-order valence-corrected chi connectivity index (χ0v) is 16.3. The standard InChI is InChI=1S/C20H19Cl2NO4/c1-13(24)17-10-15(22)11-18-20(17)27-12-19(25)23(18)8-2-3-9-26-16-6-4-14(21)5-7-16/h4-7,10-11H,2-3,8-9,12H2,1H3. The van der Waals surface area contributed by atoms with Crippen LogP contribution in [0.5, 0.6) is 11.5 Å². The number of anilines is 1. The number of fused-ring (bicyclic) bond motifs is 1. The van der Waals surface area contributed by atoms with Crippen LogP contribution in [-0.2, 0) is 4.79 Å². The van der Waals surface area contributed by atoms with Gasteiger partial charge >= 0.3 is 0 Å². The van der Waals surface area contributed by atoms with E-state index in [1.807, 2.05) is 12.1 Å². The summed E-state index contributed by atoms with van der Waals surface area (Å²) in [4.78, 5) is 25.8. The van der Waals surface area contributed by atoms with Crippen LogP contribution in [-0.4, -0.2) is 31.4 Å². The molecule has 2 aromatic carbocycles. The first-order chi connectivity index (χ1) is 13.0. The van der Waals surface area contributed by atoms with Gasteiger partial charge in [-0.15, -0.1) is 0 Å². The number of carbonyl (C=O) groups is 2. The molecule has 0 radical (unpaired) electrons. The first-order valence-corrected chi connectivity index (χ1v) is 9.37. The van der Waals surface area contributed by atoms with Crippen molar-refractivity contribution in [3.63, 3.8) is 0 Å². The summed E-state index contributed by atoms with van der Waals surface area (Å²) < 4.78 is 11.2. The molecule has 2 aromatic rings. The maximum absolute atomic E-state index is 12.3. The molecule has 0 saturated carbocycles. The molecule has 0 fully saturated rings. The summed E-state index contributed by atoms with van der Waals surface area (Å²) >= 11 is 12.0. The van der Waals surface area contributed by atoms with Crippen molar-refractivity contribution < 1.29 is 19.1 Å². The van der Waals surface area contributed by atoms with Crippen LogP contribution in [0.2, 0.25) is 10.0 Å². The van der Waals surface area contributed by atoms with E-state index in [4.69, 9.17) is 32.7 Å². The highest BCUT2D eigenvalue weighted by Crippen LogP contribution is 2.38. The van der Waals surface area contributed by atoms with Gasteiger partial charge in [0.05, 0.1) is 17.9 Å². The topological polar surface area (TPSA) is 55.8 Å². The Labute approximate surface area is 167 Å². The lowest BCUT2D eigenvalue weighted by Crippen LogP contribution is -2.40. The van der Waals surface area contributed by atoms with Crippen LogP contribution in [0, 0.1) is 0 Å². The summed E-state index contributed by atoms with van der Waals surface area (Å²) in [7, 11) is 0. The number of hydrogen-bond acceptors (Lipinski definition) is 4. The van der Waals surface area contributed by atoms with E-state index in [9.17, 15) is 9.59 Å². The zero-order valence-electron chi connectivity index (χ0n) is 14.8. The molecule has 7 heteroatoms. The molecule has 1 amide bonds. The third-order valence-corrected chi connectivity index (χ3v) is 4.67. The minimum Gasteiger partial charge on any atom is -0.494 e. The molecular weight excluding hydrogens is 389 g/mol. The maximum Gasteiger partial charge on any atom is 0.265 e. The molecule has 0 spiro atoms. The average Bonchev–Trinajstić information content (AvgIpc) is 2.63. The predicted molar refractivity (Wildman–Crippen MR) is 105 cm³/mol. The van der Waals surface area contributed by atoms with Gasteiger partial charge in [0.25, 0.3) is 5.91 Å². The van der Waals surface area contributed by atoms with Gasteiger partial charge in [0.1, 0.15) is 5.75 Å². The Morgan fingerprint density at radius 1 is 1.15 bits per heavy atom. The molecule has 27 heavy (non-hydrogen) atoms. The minimum atomic E-state index is -0.155. The molecule has 1 aliphatic rings. The van der Waals surface area contributed by atoms with Crippen LogP contribution in [0.25, 0.3) is 0 Å². The molecule has 1 aliphatic heterocycles. The molecule has 0 N–H and O–H groups in total. The summed E-state index contributed by atoms with van der Waals surface area (Å²) in [5, 5.41) is 1.06. The molecular formula is C20H19Cl2NO4. The van der Waals surface area contributed by atoms with Gasteiger partial charge in [-0.3, -0.25) is 9.59 Å². The highest BCUT2D eigenvalue weighted by atomic mass is 35.5. The first-order valence-electron chi connectivity index (χ1n) is 8.61. The van der Waals surface area contributed by atoms with Gasteiger partial charge in [0.2, 0.25) is 0 Å². The van der Waals surface area contributed by atoms with Gasteiger partial charge < -0.3 is 14.4 Å². The normalized spacial score (nSPS) is 13.1. The van der Waals surface area contributed by atoms with Crippen LogP contribution >= 0.6 is 23.2 Å². The van der Waals surface area contributed by atoms with Crippen molar-refractivity contribution in [3.8, 4) is 11.5 Å². The Balaban J connectivity index is 1.61. The Kier molecular flexibility index (Phi) is 6.24. The summed E-state index contributed by atoms with van der Waals surface area (Å²) in [5.74, 6) is 0.867. The second kappa shape index (κ2) is 8.63. The fraction of sp³-hybridized carbons (Fsp3) is 0.300. The zero-order chi connectivity index (χ0) is 19.4. The smallest absolute Gasteiger partial charge is 0.265 e. The molecule has 0 saturated heterocycles. The number of unbranched alkanes of at least 4 members (excludes halogenated alkanes) is 1. The molecule has 0 atom stereocenters. The van der Waals surface area contributed by atoms with Crippen LogP contribution in [0.15, 0.2) is 36.4 Å². The Bertz CT molecular complexity index is 852. The third kappa shape index (κ3) is 4.73. The van der Waals surface area contributed by atoms with Crippen molar-refractivity contribution in [2.45, 2.75) is 19.8 Å². The molecule has 142 valence electrons. The second-order valence-corrected chi connectivity index (χ2v) is 7.07. The van der Waals surface area contributed by atoms with Gasteiger partial charge in [0, 0.05) is 16.6 Å². The molecule has 1 heterocycles. The predicted octanol–water partition coefficient (Wildman–Crippen LogP) is 4.78. The average molecular weight is 408 g/mol. The van der Waals surface area contributed by atoms with E-state index in [0.717, 1.165) is 18.6 Å². The van der Waals surface area contributed by atoms with Gasteiger partial charge in [-0.2, -0.15) is 0 Å². The van der Waals surface area contributed by atoms with Gasteiger partial charge in [-0.25, -0.2) is 0 Å². The number of Topliss-reactive ketones (excluding diaryl/α,β-unsaturated/α-hetero) is 1. The van der Waals surface area contributed by atoms with E-state index in [-0.39, 0.29) is 18.3 Å². The van der Waals surface area contributed by atoms with Gasteiger partial charge in [-0.05, 0) is 56.2 Å². The summed E-state index contributed by atoms with van der Waals surface area (Å²) in [6.07, 6.45) is 1.50. The van der Waals surface area contributed by atoms with E-state index in [0.29, 0.717) is 40.2 Å². The summed E-state index contributed by atoms with van der Waals surface area (Å²) in [6, 6.07) is 10.4. The highest BCUT2D eigenvalue weighted by Gasteiger charge is 2.28. The van der Waals surface area contributed by atoms with Gasteiger partial charge in [0.15, 0.2) is 18.1 Å². The van der Waals surface area contributed by atoms with E-state index in [1.165, 1.54) is 6.92 Å². The number of ketones is 1. The number of benzene rings is 2. The molecule has 3 rings (SSSR count). The van der Waals surface area contributed by atoms with E-state index >= 15 is 0 Å². The Morgan fingerprint density at radius 3 is 2.59 bits per heavy atom. The van der Waals surface area contributed by atoms with E-state index < -0.39 is 0 Å². The quantitative estimate of drug-likeness (QED) is 0.489. The number of ether oxygens (including phenoxy) is 2. The molecule has 0 unspecified atom stereocenters. The van der Waals surface area contributed by atoms with Crippen molar-refractivity contribution in [2.75, 3.05) is 24.7 Å². The number of amides is 1. The maximum atomic E-state index is 12.3. The number of carbonyl (C=O) groups excluding carboxylic acids is 2. The fourth-order valence-electron chi connectivity index (χ4n) is 2.88. The summed E-state index contributed by atoms with van der Waals surface area (Å²) in [6.45, 7) is 2.39. The molecule has 5 nitrogen and oxygen atoms in total. The number of hydrogen-bond donors (Lipinski definition) is 0. The van der Waals surface area contributed by atoms with Crippen molar-refractivity contribution in [2.24, 2.45) is 0 Å². The molecule has 0 bridgehead atoms.